The van der Waals surface area contributed by atoms with Crippen LogP contribution in [0.5, 0.6) is 0 Å². The SMILES string of the molecule is CCC(C)C(=O)C(C)C(N)=O. The predicted octanol–water partition coefficient (Wildman–Crippen LogP) is 0.723. The van der Waals surface area contributed by atoms with Crippen LogP contribution in [0.2, 0.25) is 0 Å². The lowest BCUT2D eigenvalue weighted by molar-refractivity contribution is -0.133. The minimum Gasteiger partial charge on any atom is -0.369 e. The average molecular weight is 157 g/mol. The fraction of sp³-hybridized carbons (Fsp3) is 0.750. The molecular formula is C8H15NO2. The minimum atomic E-state index is -0.634. The lowest BCUT2D eigenvalue weighted by Gasteiger charge is -2.10. The molecule has 0 spiro atoms. The number of rotatable bonds is 4. The molecule has 0 aromatic heterocycles. The van der Waals surface area contributed by atoms with Crippen molar-refractivity contribution >= 4 is 11.7 Å². The molecule has 11 heavy (non-hydrogen) atoms. The zero-order valence-corrected chi connectivity index (χ0v) is 7.26. The molecule has 0 aliphatic rings. The van der Waals surface area contributed by atoms with E-state index in [1.807, 2.05) is 13.8 Å². The average Bonchev–Trinajstić information content (AvgIpc) is 2.00. The van der Waals surface area contributed by atoms with Gasteiger partial charge in [0, 0.05) is 5.92 Å². The number of hydrogen-bond acceptors (Lipinski definition) is 2. The second-order valence-electron chi connectivity index (χ2n) is 2.84. The Labute approximate surface area is 67.0 Å². The van der Waals surface area contributed by atoms with Crippen LogP contribution in [-0.4, -0.2) is 11.7 Å². The Morgan fingerprint density at radius 3 is 2.09 bits per heavy atom. The molecule has 0 aliphatic heterocycles. The second kappa shape index (κ2) is 4.11. The molecule has 0 aliphatic carbocycles. The third-order valence-electron chi connectivity index (χ3n) is 1.95. The second-order valence-corrected chi connectivity index (χ2v) is 2.84. The van der Waals surface area contributed by atoms with Crippen LogP contribution in [0.1, 0.15) is 27.2 Å². The van der Waals surface area contributed by atoms with Gasteiger partial charge in [0.1, 0.15) is 5.78 Å². The number of carbonyl (C=O) groups excluding carboxylic acids is 2. The summed E-state index contributed by atoms with van der Waals surface area (Å²) in [6.45, 7) is 5.27. The lowest BCUT2D eigenvalue weighted by atomic mass is 9.93. The lowest BCUT2D eigenvalue weighted by Crippen LogP contribution is -2.31. The van der Waals surface area contributed by atoms with Gasteiger partial charge in [0.25, 0.3) is 0 Å². The van der Waals surface area contributed by atoms with Gasteiger partial charge in [-0.1, -0.05) is 13.8 Å². The van der Waals surface area contributed by atoms with Gasteiger partial charge in [0.05, 0.1) is 5.92 Å². The van der Waals surface area contributed by atoms with Gasteiger partial charge in [-0.3, -0.25) is 9.59 Å². The number of carbonyl (C=O) groups is 2. The van der Waals surface area contributed by atoms with E-state index in [4.69, 9.17) is 5.73 Å². The summed E-state index contributed by atoms with van der Waals surface area (Å²) in [5.41, 5.74) is 4.97. The zero-order valence-electron chi connectivity index (χ0n) is 7.26. The van der Waals surface area contributed by atoms with Crippen LogP contribution in [-0.2, 0) is 9.59 Å². The maximum absolute atomic E-state index is 11.2. The third-order valence-corrected chi connectivity index (χ3v) is 1.95. The first-order valence-corrected chi connectivity index (χ1v) is 3.83. The van der Waals surface area contributed by atoms with Gasteiger partial charge >= 0.3 is 0 Å². The number of nitrogens with two attached hydrogens (primary N) is 1. The summed E-state index contributed by atoms with van der Waals surface area (Å²) in [5.74, 6) is -1.28. The Bertz CT molecular complexity index is 165. The molecule has 0 radical (unpaired) electrons. The van der Waals surface area contributed by atoms with Crippen molar-refractivity contribution in [3.8, 4) is 0 Å². The fourth-order valence-electron chi connectivity index (χ4n) is 0.768. The summed E-state index contributed by atoms with van der Waals surface area (Å²) in [5, 5.41) is 0. The van der Waals surface area contributed by atoms with Crippen molar-refractivity contribution in [3.63, 3.8) is 0 Å². The highest BCUT2D eigenvalue weighted by atomic mass is 16.2. The first-order valence-electron chi connectivity index (χ1n) is 3.83. The number of primary amides is 1. The van der Waals surface area contributed by atoms with Crippen LogP contribution >= 0.6 is 0 Å². The summed E-state index contributed by atoms with van der Waals surface area (Å²) in [6.07, 6.45) is 0.760. The molecule has 64 valence electrons. The van der Waals surface area contributed by atoms with Gasteiger partial charge in [0.2, 0.25) is 5.91 Å². The van der Waals surface area contributed by atoms with E-state index >= 15 is 0 Å². The molecule has 1 amide bonds. The first-order chi connectivity index (χ1) is 5.00. The summed E-state index contributed by atoms with van der Waals surface area (Å²) in [4.78, 5) is 21.8. The normalized spacial score (nSPS) is 15.5. The maximum atomic E-state index is 11.2. The van der Waals surface area contributed by atoms with E-state index in [0.29, 0.717) is 0 Å². The van der Waals surface area contributed by atoms with E-state index in [9.17, 15) is 9.59 Å². The quantitative estimate of drug-likeness (QED) is 0.611. The van der Waals surface area contributed by atoms with E-state index in [1.165, 1.54) is 0 Å². The van der Waals surface area contributed by atoms with Crippen molar-refractivity contribution in [2.24, 2.45) is 17.6 Å². The Morgan fingerprint density at radius 1 is 1.36 bits per heavy atom. The van der Waals surface area contributed by atoms with Crippen molar-refractivity contribution in [1.29, 1.82) is 0 Å². The number of Topliss-reactive ketones (excluding diaryl/α,β-unsaturated/α-hetero) is 1. The van der Waals surface area contributed by atoms with E-state index < -0.39 is 11.8 Å². The standard InChI is InChI=1S/C8H15NO2/c1-4-5(2)7(10)6(3)8(9)11/h5-6H,4H2,1-3H3,(H2,9,11). The van der Waals surface area contributed by atoms with Crippen molar-refractivity contribution in [1.82, 2.24) is 0 Å². The molecule has 2 unspecified atom stereocenters. The van der Waals surface area contributed by atoms with Gasteiger partial charge in [-0.15, -0.1) is 0 Å². The molecule has 0 fully saturated rings. The molecule has 3 nitrogen and oxygen atoms in total. The third kappa shape index (κ3) is 2.70. The Morgan fingerprint density at radius 2 is 1.82 bits per heavy atom. The van der Waals surface area contributed by atoms with E-state index in [2.05, 4.69) is 0 Å². The molecular weight excluding hydrogens is 142 g/mol. The van der Waals surface area contributed by atoms with E-state index in [0.717, 1.165) is 6.42 Å². The van der Waals surface area contributed by atoms with Gasteiger partial charge in [0.15, 0.2) is 0 Å². The van der Waals surface area contributed by atoms with Crippen LogP contribution in [0.15, 0.2) is 0 Å². The summed E-state index contributed by atoms with van der Waals surface area (Å²) >= 11 is 0. The summed E-state index contributed by atoms with van der Waals surface area (Å²) in [6, 6.07) is 0. The Balaban J connectivity index is 4.13. The smallest absolute Gasteiger partial charge is 0.227 e. The largest absolute Gasteiger partial charge is 0.369 e. The number of ketones is 1. The molecule has 2 atom stereocenters. The Kier molecular flexibility index (Phi) is 3.79. The van der Waals surface area contributed by atoms with E-state index in [-0.39, 0.29) is 11.7 Å². The van der Waals surface area contributed by atoms with Crippen molar-refractivity contribution in [2.75, 3.05) is 0 Å². The number of amides is 1. The van der Waals surface area contributed by atoms with Crippen molar-refractivity contribution < 1.29 is 9.59 Å². The highest BCUT2D eigenvalue weighted by Gasteiger charge is 2.22. The number of hydrogen-bond donors (Lipinski definition) is 1. The zero-order chi connectivity index (χ0) is 9.02. The summed E-state index contributed by atoms with van der Waals surface area (Å²) in [7, 11) is 0. The van der Waals surface area contributed by atoms with Crippen molar-refractivity contribution in [2.45, 2.75) is 27.2 Å². The maximum Gasteiger partial charge on any atom is 0.227 e. The van der Waals surface area contributed by atoms with Gasteiger partial charge in [-0.2, -0.15) is 0 Å². The monoisotopic (exact) mass is 157 g/mol. The van der Waals surface area contributed by atoms with Crippen molar-refractivity contribution in [3.05, 3.63) is 0 Å². The summed E-state index contributed by atoms with van der Waals surface area (Å²) < 4.78 is 0. The first kappa shape index (κ1) is 10.1. The minimum absolute atomic E-state index is 0.0556. The molecule has 0 saturated carbocycles. The molecule has 3 heteroatoms. The molecule has 0 aromatic rings. The highest BCUT2D eigenvalue weighted by molar-refractivity contribution is 6.01. The highest BCUT2D eigenvalue weighted by Crippen LogP contribution is 2.09. The molecule has 0 aromatic carbocycles. The fourth-order valence-corrected chi connectivity index (χ4v) is 0.768. The van der Waals surface area contributed by atoms with Gasteiger partial charge in [-0.05, 0) is 13.3 Å². The van der Waals surface area contributed by atoms with Crippen LogP contribution in [0.3, 0.4) is 0 Å². The van der Waals surface area contributed by atoms with Crippen LogP contribution in [0.4, 0.5) is 0 Å². The van der Waals surface area contributed by atoms with E-state index in [1.54, 1.807) is 6.92 Å². The van der Waals surface area contributed by atoms with Gasteiger partial charge in [-0.25, -0.2) is 0 Å². The predicted molar refractivity (Wildman–Crippen MR) is 42.8 cm³/mol. The van der Waals surface area contributed by atoms with Crippen LogP contribution in [0.25, 0.3) is 0 Å². The molecule has 0 saturated heterocycles. The molecule has 0 heterocycles. The van der Waals surface area contributed by atoms with Crippen LogP contribution in [0, 0.1) is 11.8 Å². The molecule has 0 rings (SSSR count). The van der Waals surface area contributed by atoms with Gasteiger partial charge < -0.3 is 5.73 Å². The Hall–Kier alpha value is -0.860. The van der Waals surface area contributed by atoms with Crippen LogP contribution < -0.4 is 5.73 Å². The topological polar surface area (TPSA) is 60.2 Å². The molecule has 2 N–H and O–H groups in total. The molecule has 0 bridgehead atoms.